The van der Waals surface area contributed by atoms with E-state index >= 15 is 0 Å². The molecule has 0 aliphatic rings. The summed E-state index contributed by atoms with van der Waals surface area (Å²) >= 11 is 0. The number of ether oxygens (including phenoxy) is 2. The summed E-state index contributed by atoms with van der Waals surface area (Å²) in [6, 6.07) is 20.6. The summed E-state index contributed by atoms with van der Waals surface area (Å²) in [7, 11) is 1.62. The summed E-state index contributed by atoms with van der Waals surface area (Å²) in [6.45, 7) is 4.93. The minimum absolute atomic E-state index is 0.193. The molecule has 0 unspecified atom stereocenters. The standard InChI is InChI=1S/C26H28N4O4/c1-4-27-26(31)29(17-23-11-8-16-33-23)18-24-19(2)28-30(20-9-6-5-7-10-20)25(24)34-22-14-12-21(32-3)13-15-22/h5-16H,4,17-18H2,1-3H3,(H,27,31). The van der Waals surface area contributed by atoms with Crippen LogP contribution in [0.3, 0.4) is 0 Å². The van der Waals surface area contributed by atoms with E-state index in [2.05, 4.69) is 5.32 Å². The normalized spacial score (nSPS) is 10.7. The maximum atomic E-state index is 12.9. The van der Waals surface area contributed by atoms with Gasteiger partial charge in [0.1, 0.15) is 17.3 Å². The Labute approximate surface area is 198 Å². The second kappa shape index (κ2) is 10.6. The highest BCUT2D eigenvalue weighted by atomic mass is 16.5. The zero-order valence-electron chi connectivity index (χ0n) is 19.5. The lowest BCUT2D eigenvalue weighted by Gasteiger charge is -2.22. The van der Waals surface area contributed by atoms with Gasteiger partial charge in [0.25, 0.3) is 0 Å². The SMILES string of the molecule is CCNC(=O)N(Cc1ccco1)Cc1c(C)nn(-c2ccccc2)c1Oc1ccc(OC)cc1. The fourth-order valence-corrected chi connectivity index (χ4v) is 3.57. The maximum absolute atomic E-state index is 12.9. The highest BCUT2D eigenvalue weighted by Crippen LogP contribution is 2.32. The van der Waals surface area contributed by atoms with Crippen molar-refractivity contribution in [1.82, 2.24) is 20.0 Å². The van der Waals surface area contributed by atoms with Gasteiger partial charge in [0.05, 0.1) is 43.4 Å². The zero-order chi connectivity index (χ0) is 23.9. The third-order valence-corrected chi connectivity index (χ3v) is 5.30. The molecule has 8 nitrogen and oxygen atoms in total. The average Bonchev–Trinajstić information content (AvgIpc) is 3.48. The van der Waals surface area contributed by atoms with Crippen LogP contribution < -0.4 is 14.8 Å². The van der Waals surface area contributed by atoms with Gasteiger partial charge in [-0.15, -0.1) is 0 Å². The highest BCUT2D eigenvalue weighted by Gasteiger charge is 2.24. The van der Waals surface area contributed by atoms with Crippen molar-refractivity contribution in [2.45, 2.75) is 26.9 Å². The summed E-state index contributed by atoms with van der Waals surface area (Å²) in [5, 5.41) is 7.63. The van der Waals surface area contributed by atoms with Gasteiger partial charge >= 0.3 is 6.03 Å². The van der Waals surface area contributed by atoms with Gasteiger partial charge in [0, 0.05) is 6.54 Å². The molecular weight excluding hydrogens is 432 g/mol. The quantitative estimate of drug-likeness (QED) is 0.366. The number of carbonyl (C=O) groups is 1. The van der Waals surface area contributed by atoms with Crippen LogP contribution in [0, 0.1) is 6.92 Å². The second-order valence-electron chi connectivity index (χ2n) is 7.66. The molecule has 4 aromatic rings. The minimum Gasteiger partial charge on any atom is -0.497 e. The van der Waals surface area contributed by atoms with Crippen molar-refractivity contribution in [2.24, 2.45) is 0 Å². The molecule has 2 aromatic heterocycles. The van der Waals surface area contributed by atoms with Crippen LogP contribution >= 0.6 is 0 Å². The van der Waals surface area contributed by atoms with Crippen LogP contribution in [0.1, 0.15) is 23.9 Å². The second-order valence-corrected chi connectivity index (χ2v) is 7.66. The Morgan fingerprint density at radius 2 is 1.76 bits per heavy atom. The van der Waals surface area contributed by atoms with Crippen LogP contribution in [0.2, 0.25) is 0 Å². The predicted octanol–water partition coefficient (Wildman–Crippen LogP) is 5.31. The molecule has 0 radical (unpaired) electrons. The molecule has 0 spiro atoms. The molecule has 0 aliphatic heterocycles. The third-order valence-electron chi connectivity index (χ3n) is 5.30. The van der Waals surface area contributed by atoms with E-state index in [0.717, 1.165) is 22.7 Å². The van der Waals surface area contributed by atoms with E-state index in [-0.39, 0.29) is 12.6 Å². The number of benzene rings is 2. The van der Waals surface area contributed by atoms with Crippen LogP contribution in [-0.4, -0.2) is 34.4 Å². The van der Waals surface area contributed by atoms with Gasteiger partial charge in [0.15, 0.2) is 0 Å². The number of nitrogens with one attached hydrogen (secondary N) is 1. The van der Waals surface area contributed by atoms with Gasteiger partial charge in [-0.25, -0.2) is 9.48 Å². The van der Waals surface area contributed by atoms with Gasteiger partial charge in [-0.05, 0) is 62.4 Å². The van der Waals surface area contributed by atoms with E-state index in [1.807, 2.05) is 80.6 Å². The van der Waals surface area contributed by atoms with Gasteiger partial charge in [-0.1, -0.05) is 18.2 Å². The van der Waals surface area contributed by atoms with E-state index in [1.165, 1.54) is 0 Å². The number of urea groups is 1. The summed E-state index contributed by atoms with van der Waals surface area (Å²) in [6.07, 6.45) is 1.60. The first-order valence-electron chi connectivity index (χ1n) is 11.1. The lowest BCUT2D eigenvalue weighted by molar-refractivity contribution is 0.187. The largest absolute Gasteiger partial charge is 0.497 e. The number of rotatable bonds is 9. The topological polar surface area (TPSA) is 81.8 Å². The Hall–Kier alpha value is -4.20. The number of amides is 2. The van der Waals surface area contributed by atoms with E-state index in [1.54, 1.807) is 23.0 Å². The van der Waals surface area contributed by atoms with Crippen LogP contribution in [0.25, 0.3) is 5.69 Å². The van der Waals surface area contributed by atoms with Gasteiger partial charge < -0.3 is 24.1 Å². The van der Waals surface area contributed by atoms with E-state index in [0.29, 0.717) is 30.5 Å². The number of hydrogen-bond acceptors (Lipinski definition) is 5. The molecule has 0 atom stereocenters. The Morgan fingerprint density at radius 1 is 1.03 bits per heavy atom. The smallest absolute Gasteiger partial charge is 0.318 e. The molecule has 176 valence electrons. The first-order chi connectivity index (χ1) is 16.6. The number of carbonyl (C=O) groups excluding carboxylic acids is 1. The van der Waals surface area contributed by atoms with Crippen LogP contribution in [-0.2, 0) is 13.1 Å². The van der Waals surface area contributed by atoms with Crippen LogP contribution in [0.4, 0.5) is 4.79 Å². The van der Waals surface area contributed by atoms with Crippen molar-refractivity contribution in [1.29, 1.82) is 0 Å². The zero-order valence-corrected chi connectivity index (χ0v) is 19.5. The predicted molar refractivity (Wildman–Crippen MR) is 128 cm³/mol. The fourth-order valence-electron chi connectivity index (χ4n) is 3.57. The number of nitrogens with zero attached hydrogens (tertiary/aromatic N) is 3. The van der Waals surface area contributed by atoms with Crippen molar-refractivity contribution in [2.75, 3.05) is 13.7 Å². The average molecular weight is 461 g/mol. The van der Waals surface area contributed by atoms with Crippen LogP contribution in [0.5, 0.6) is 17.4 Å². The summed E-state index contributed by atoms with van der Waals surface area (Å²) < 4.78 is 18.9. The van der Waals surface area contributed by atoms with Crippen molar-refractivity contribution < 1.29 is 18.7 Å². The molecule has 0 saturated carbocycles. The fraction of sp³-hybridized carbons (Fsp3) is 0.231. The van der Waals surface area contributed by atoms with Crippen molar-refractivity contribution >= 4 is 6.03 Å². The molecule has 4 rings (SSSR count). The van der Waals surface area contributed by atoms with E-state index in [9.17, 15) is 4.79 Å². The van der Waals surface area contributed by atoms with Crippen LogP contribution in [0.15, 0.2) is 77.4 Å². The Balaban J connectivity index is 1.73. The highest BCUT2D eigenvalue weighted by molar-refractivity contribution is 5.74. The Bertz CT molecular complexity index is 1200. The number of furan rings is 1. The first kappa shape index (κ1) is 23.0. The van der Waals surface area contributed by atoms with Gasteiger partial charge in [-0.2, -0.15) is 5.10 Å². The molecule has 0 aliphatic carbocycles. The lowest BCUT2D eigenvalue weighted by Crippen LogP contribution is -2.39. The van der Waals surface area contributed by atoms with Gasteiger partial charge in [-0.3, -0.25) is 0 Å². The lowest BCUT2D eigenvalue weighted by atomic mass is 10.2. The van der Waals surface area contributed by atoms with Crippen molar-refractivity contribution in [3.05, 3.63) is 90.0 Å². The van der Waals surface area contributed by atoms with Crippen molar-refractivity contribution in [3.8, 4) is 23.1 Å². The third kappa shape index (κ3) is 5.23. The number of aromatic nitrogens is 2. The number of hydrogen-bond donors (Lipinski definition) is 1. The summed E-state index contributed by atoms with van der Waals surface area (Å²) in [5.74, 6) is 2.61. The molecule has 0 bridgehead atoms. The maximum Gasteiger partial charge on any atom is 0.318 e. The molecule has 0 fully saturated rings. The Kier molecular flexibility index (Phi) is 7.17. The molecule has 2 aromatic carbocycles. The molecule has 2 heterocycles. The summed E-state index contributed by atoms with van der Waals surface area (Å²) in [5.41, 5.74) is 2.43. The molecule has 8 heteroatoms. The van der Waals surface area contributed by atoms with Gasteiger partial charge in [0.2, 0.25) is 5.88 Å². The molecule has 1 N–H and O–H groups in total. The monoisotopic (exact) mass is 460 g/mol. The first-order valence-corrected chi connectivity index (χ1v) is 11.1. The molecular formula is C26H28N4O4. The molecule has 2 amide bonds. The van der Waals surface area contributed by atoms with Crippen molar-refractivity contribution in [3.63, 3.8) is 0 Å². The Morgan fingerprint density at radius 3 is 2.41 bits per heavy atom. The number of aryl methyl sites for hydroxylation is 1. The van der Waals surface area contributed by atoms with E-state index in [4.69, 9.17) is 19.0 Å². The molecule has 34 heavy (non-hydrogen) atoms. The molecule has 0 saturated heterocycles. The van der Waals surface area contributed by atoms with E-state index < -0.39 is 0 Å². The minimum atomic E-state index is -0.193. The summed E-state index contributed by atoms with van der Waals surface area (Å²) in [4.78, 5) is 14.6. The number of para-hydroxylation sites is 1. The number of methoxy groups -OCH3 is 1.